The Bertz CT molecular complexity index is 2520. The van der Waals surface area contributed by atoms with Gasteiger partial charge in [0.05, 0.1) is 5.52 Å². The molecule has 9 rings (SSSR count). The van der Waals surface area contributed by atoms with Crippen LogP contribution in [0, 0.1) is 0 Å². The normalized spacial score (nSPS) is 14.3. The minimum atomic E-state index is 0.112. The largest absolute Gasteiger partial charge is 0.256 e. The van der Waals surface area contributed by atoms with Gasteiger partial charge in [-0.3, -0.25) is 4.98 Å². The van der Waals surface area contributed by atoms with E-state index in [4.69, 9.17) is 4.98 Å². The first-order valence-electron chi connectivity index (χ1n) is 16.2. The molecule has 1 aromatic heterocycles. The lowest BCUT2D eigenvalue weighted by Crippen LogP contribution is -2.09. The minimum Gasteiger partial charge on any atom is -0.256 e. The number of nitrogens with zero attached hydrogens (tertiary/aromatic N) is 1. The number of benzene rings is 7. The van der Waals surface area contributed by atoms with E-state index in [2.05, 4.69) is 164 Å². The number of hydrogen-bond donors (Lipinski definition) is 0. The zero-order chi connectivity index (χ0) is 31.3. The van der Waals surface area contributed by atoms with Crippen LogP contribution in [0.1, 0.15) is 28.2 Å². The monoisotopic (exact) mass is 597 g/mol. The summed E-state index contributed by atoms with van der Waals surface area (Å²) in [7, 11) is 0. The van der Waals surface area contributed by atoms with Gasteiger partial charge in [0.25, 0.3) is 0 Å². The summed E-state index contributed by atoms with van der Waals surface area (Å²) in [4.78, 5) is 4.75. The van der Waals surface area contributed by atoms with Crippen LogP contribution in [0.5, 0.6) is 0 Å². The summed E-state index contributed by atoms with van der Waals surface area (Å²) in [5.74, 6) is 0.112. The van der Waals surface area contributed by atoms with Crippen molar-refractivity contribution in [3.8, 4) is 22.3 Å². The summed E-state index contributed by atoms with van der Waals surface area (Å²) in [6, 6.07) is 56.8. The Hall–Kier alpha value is -6.05. The molecule has 1 aliphatic carbocycles. The molecular weight excluding hydrogens is 567 g/mol. The second kappa shape index (κ2) is 11.1. The van der Waals surface area contributed by atoms with Crippen LogP contribution in [-0.4, -0.2) is 4.98 Å². The fourth-order valence-electron chi connectivity index (χ4n) is 7.40. The fourth-order valence-corrected chi connectivity index (χ4v) is 7.40. The van der Waals surface area contributed by atoms with E-state index in [0.29, 0.717) is 0 Å². The van der Waals surface area contributed by atoms with Crippen molar-refractivity contribution in [3.63, 3.8) is 0 Å². The molecular formula is C46H31N. The maximum absolute atomic E-state index is 4.75. The van der Waals surface area contributed by atoms with Gasteiger partial charge in [0.1, 0.15) is 0 Å². The van der Waals surface area contributed by atoms with Crippen LogP contribution in [0.25, 0.3) is 65.8 Å². The first kappa shape index (κ1) is 27.3. The van der Waals surface area contributed by atoms with Gasteiger partial charge in [-0.25, -0.2) is 0 Å². The van der Waals surface area contributed by atoms with Gasteiger partial charge in [-0.1, -0.05) is 158 Å². The molecule has 7 aromatic carbocycles. The quantitative estimate of drug-likeness (QED) is 0.197. The molecule has 220 valence electrons. The average Bonchev–Trinajstić information content (AvgIpc) is 3.15. The summed E-state index contributed by atoms with van der Waals surface area (Å²) in [5, 5.41) is 6.12. The molecule has 0 fully saturated rings. The van der Waals surface area contributed by atoms with E-state index in [-0.39, 0.29) is 5.92 Å². The third-order valence-electron chi connectivity index (χ3n) is 9.74. The number of allylic oxidation sites excluding steroid dienone is 2. The Morgan fingerprint density at radius 2 is 1.06 bits per heavy atom. The number of pyridine rings is 1. The summed E-state index contributed by atoms with van der Waals surface area (Å²) in [5.41, 5.74) is 13.1. The Morgan fingerprint density at radius 1 is 0.468 bits per heavy atom. The molecule has 1 atom stereocenters. The van der Waals surface area contributed by atoms with Gasteiger partial charge in [-0.05, 0) is 83.8 Å². The van der Waals surface area contributed by atoms with Gasteiger partial charge in [-0.2, -0.15) is 0 Å². The zero-order valence-corrected chi connectivity index (χ0v) is 25.9. The van der Waals surface area contributed by atoms with Crippen LogP contribution in [0.3, 0.4) is 0 Å². The summed E-state index contributed by atoms with van der Waals surface area (Å²) in [6.07, 6.45) is 4.42. The summed E-state index contributed by atoms with van der Waals surface area (Å²) in [6.45, 7) is 4.63. The molecule has 1 heterocycles. The van der Waals surface area contributed by atoms with Gasteiger partial charge in [0, 0.05) is 23.1 Å². The third kappa shape index (κ3) is 4.59. The molecule has 47 heavy (non-hydrogen) atoms. The van der Waals surface area contributed by atoms with E-state index in [1.165, 1.54) is 66.1 Å². The van der Waals surface area contributed by atoms with Gasteiger partial charge in [-0.15, -0.1) is 0 Å². The Morgan fingerprint density at radius 3 is 1.83 bits per heavy atom. The third-order valence-corrected chi connectivity index (χ3v) is 9.74. The maximum atomic E-state index is 4.75. The second-order valence-electron chi connectivity index (χ2n) is 12.4. The fraction of sp³-hybridized carbons (Fsp3) is 0.0217. The van der Waals surface area contributed by atoms with Crippen LogP contribution in [0.2, 0.25) is 0 Å². The lowest BCUT2D eigenvalue weighted by Gasteiger charge is -2.29. The molecule has 1 nitrogen and oxygen atoms in total. The van der Waals surface area contributed by atoms with Gasteiger partial charge in [0.2, 0.25) is 0 Å². The first-order valence-corrected chi connectivity index (χ1v) is 16.2. The molecule has 0 aliphatic heterocycles. The molecule has 0 bridgehead atoms. The number of rotatable bonds is 4. The molecule has 0 saturated carbocycles. The standard InChI is InChI=1S/C46H31N/c1-30-37-24-23-32-13-5-7-15-40(32)46(37)44(28-43(30)31-11-3-2-4-12-31)34-21-19-33(20-22-34)38-25-26-39(42-17-9-8-16-41(38)42)36-27-35-14-6-10-18-45(35)47-29-36/h2-29,43H,1H2. The van der Waals surface area contributed by atoms with Crippen LogP contribution < -0.4 is 0 Å². The van der Waals surface area contributed by atoms with Crippen molar-refractivity contribution in [2.24, 2.45) is 0 Å². The topological polar surface area (TPSA) is 12.9 Å². The molecule has 1 heteroatoms. The van der Waals surface area contributed by atoms with E-state index in [1.54, 1.807) is 0 Å². The number of aromatic nitrogens is 1. The lowest BCUT2D eigenvalue weighted by molar-refractivity contribution is 1.09. The van der Waals surface area contributed by atoms with Gasteiger partial charge >= 0.3 is 0 Å². The predicted octanol–water partition coefficient (Wildman–Crippen LogP) is 12.1. The van der Waals surface area contributed by atoms with Crippen molar-refractivity contribution in [2.75, 3.05) is 0 Å². The van der Waals surface area contributed by atoms with Gasteiger partial charge < -0.3 is 0 Å². The number of fused-ring (bicyclic) bond motifs is 5. The van der Waals surface area contributed by atoms with Gasteiger partial charge in [0.15, 0.2) is 0 Å². The zero-order valence-electron chi connectivity index (χ0n) is 25.9. The van der Waals surface area contributed by atoms with E-state index in [1.807, 2.05) is 12.3 Å². The SMILES string of the molecule is C=C1c2ccc3ccccc3c2C(c2ccc(-c3ccc(-c4cnc5ccccc5c4)c4ccccc34)cc2)=CC1c1ccccc1. The van der Waals surface area contributed by atoms with Crippen LogP contribution in [0.15, 0.2) is 177 Å². The Balaban J connectivity index is 1.16. The van der Waals surface area contributed by atoms with Crippen molar-refractivity contribution in [1.82, 2.24) is 4.98 Å². The van der Waals surface area contributed by atoms with E-state index < -0.39 is 0 Å². The van der Waals surface area contributed by atoms with Crippen molar-refractivity contribution < 1.29 is 0 Å². The summed E-state index contributed by atoms with van der Waals surface area (Å²) >= 11 is 0. The highest BCUT2D eigenvalue weighted by Gasteiger charge is 2.26. The molecule has 8 aromatic rings. The maximum Gasteiger partial charge on any atom is 0.0702 e. The summed E-state index contributed by atoms with van der Waals surface area (Å²) < 4.78 is 0. The van der Waals surface area contributed by atoms with Crippen LogP contribution in [-0.2, 0) is 0 Å². The first-order chi connectivity index (χ1) is 23.2. The smallest absolute Gasteiger partial charge is 0.0702 e. The molecule has 0 radical (unpaired) electrons. The highest BCUT2D eigenvalue weighted by Crippen LogP contribution is 2.47. The highest BCUT2D eigenvalue weighted by atomic mass is 14.6. The Labute approximate surface area is 274 Å². The van der Waals surface area contributed by atoms with E-state index >= 15 is 0 Å². The molecule has 0 spiro atoms. The van der Waals surface area contributed by atoms with Crippen molar-refractivity contribution in [2.45, 2.75) is 5.92 Å². The van der Waals surface area contributed by atoms with Crippen molar-refractivity contribution in [1.29, 1.82) is 0 Å². The Kier molecular flexibility index (Phi) is 6.43. The lowest BCUT2D eigenvalue weighted by atomic mass is 9.75. The van der Waals surface area contributed by atoms with Crippen LogP contribution in [0.4, 0.5) is 0 Å². The van der Waals surface area contributed by atoms with E-state index in [9.17, 15) is 0 Å². The van der Waals surface area contributed by atoms with Crippen molar-refractivity contribution in [3.05, 3.63) is 199 Å². The molecule has 0 amide bonds. The average molecular weight is 598 g/mol. The predicted molar refractivity (Wildman–Crippen MR) is 199 cm³/mol. The molecule has 0 saturated heterocycles. The van der Waals surface area contributed by atoms with E-state index in [0.717, 1.165) is 22.0 Å². The minimum absolute atomic E-state index is 0.112. The number of hydrogen-bond acceptors (Lipinski definition) is 1. The second-order valence-corrected chi connectivity index (χ2v) is 12.4. The number of para-hydroxylation sites is 1. The van der Waals surface area contributed by atoms with Crippen LogP contribution >= 0.6 is 0 Å². The van der Waals surface area contributed by atoms with Crippen molar-refractivity contribution >= 4 is 43.6 Å². The molecule has 1 aliphatic rings. The molecule has 1 unspecified atom stereocenters. The highest BCUT2D eigenvalue weighted by molar-refractivity contribution is 6.07. The molecule has 0 N–H and O–H groups in total.